The lowest BCUT2D eigenvalue weighted by molar-refractivity contribution is -0.136. The van der Waals surface area contributed by atoms with E-state index < -0.39 is 47.0 Å². The minimum absolute atomic E-state index is 0.0476. The van der Waals surface area contributed by atoms with E-state index in [9.17, 15) is 31.5 Å². The SMILES string of the molecule is CC(NC(=O)Nc1ccc(NC(=O)c2ccco2)cc1C(F)(F)F)c1ccc(F)cc1F. The van der Waals surface area contributed by atoms with Gasteiger partial charge in [0.2, 0.25) is 0 Å². The first-order valence-electron chi connectivity index (χ1n) is 9.13. The molecule has 0 saturated carbocycles. The second-order valence-corrected chi connectivity index (χ2v) is 6.68. The van der Waals surface area contributed by atoms with E-state index in [1.165, 1.54) is 25.3 Å². The monoisotopic (exact) mass is 453 g/mol. The Balaban J connectivity index is 1.76. The molecular formula is C21H16F5N3O3. The molecule has 3 amide bonds. The van der Waals surface area contributed by atoms with Crippen molar-refractivity contribution in [2.24, 2.45) is 0 Å². The summed E-state index contributed by atoms with van der Waals surface area (Å²) in [7, 11) is 0. The van der Waals surface area contributed by atoms with E-state index >= 15 is 0 Å². The second-order valence-electron chi connectivity index (χ2n) is 6.68. The van der Waals surface area contributed by atoms with Crippen LogP contribution in [0.1, 0.15) is 34.6 Å². The van der Waals surface area contributed by atoms with Gasteiger partial charge in [0, 0.05) is 17.3 Å². The fraction of sp³-hybridized carbons (Fsp3) is 0.143. The first-order chi connectivity index (χ1) is 15.0. The van der Waals surface area contributed by atoms with E-state index in [-0.39, 0.29) is 17.0 Å². The molecule has 2 aromatic carbocycles. The summed E-state index contributed by atoms with van der Waals surface area (Å²) in [6, 6.07) is 6.29. The minimum Gasteiger partial charge on any atom is -0.459 e. The molecule has 1 heterocycles. The average molecular weight is 453 g/mol. The first kappa shape index (κ1) is 22.8. The van der Waals surface area contributed by atoms with Gasteiger partial charge in [0.15, 0.2) is 5.76 Å². The zero-order valence-electron chi connectivity index (χ0n) is 16.4. The van der Waals surface area contributed by atoms with Crippen LogP contribution in [0.2, 0.25) is 0 Å². The minimum atomic E-state index is -4.86. The van der Waals surface area contributed by atoms with Crippen molar-refractivity contribution in [1.82, 2.24) is 5.32 Å². The maximum Gasteiger partial charge on any atom is 0.418 e. The number of anilines is 2. The third-order valence-electron chi connectivity index (χ3n) is 4.35. The van der Waals surface area contributed by atoms with Gasteiger partial charge in [-0.2, -0.15) is 13.2 Å². The van der Waals surface area contributed by atoms with Crippen LogP contribution in [0.4, 0.5) is 38.1 Å². The van der Waals surface area contributed by atoms with Crippen LogP contribution >= 0.6 is 0 Å². The Hall–Kier alpha value is -3.89. The molecule has 0 spiro atoms. The highest BCUT2D eigenvalue weighted by atomic mass is 19.4. The molecule has 0 aliphatic carbocycles. The molecule has 32 heavy (non-hydrogen) atoms. The van der Waals surface area contributed by atoms with Gasteiger partial charge < -0.3 is 20.4 Å². The van der Waals surface area contributed by atoms with E-state index in [4.69, 9.17) is 4.42 Å². The van der Waals surface area contributed by atoms with Crippen LogP contribution in [0.25, 0.3) is 0 Å². The molecule has 1 aromatic heterocycles. The molecular weight excluding hydrogens is 437 g/mol. The summed E-state index contributed by atoms with van der Waals surface area (Å²) in [5.41, 5.74) is -2.02. The normalized spacial score (nSPS) is 12.2. The quantitative estimate of drug-likeness (QED) is 0.433. The van der Waals surface area contributed by atoms with E-state index in [0.717, 1.165) is 24.3 Å². The Morgan fingerprint density at radius 1 is 1.00 bits per heavy atom. The molecule has 1 atom stereocenters. The van der Waals surface area contributed by atoms with Crippen molar-refractivity contribution in [2.45, 2.75) is 19.1 Å². The number of amides is 3. The van der Waals surface area contributed by atoms with E-state index in [2.05, 4.69) is 16.0 Å². The summed E-state index contributed by atoms with van der Waals surface area (Å²) in [6.45, 7) is 1.38. The summed E-state index contributed by atoms with van der Waals surface area (Å²) in [6.07, 6.45) is -3.62. The fourth-order valence-electron chi connectivity index (χ4n) is 2.85. The van der Waals surface area contributed by atoms with Crippen LogP contribution in [-0.2, 0) is 6.18 Å². The third-order valence-corrected chi connectivity index (χ3v) is 4.35. The topological polar surface area (TPSA) is 83.4 Å². The number of alkyl halides is 3. The number of rotatable bonds is 5. The summed E-state index contributed by atoms with van der Waals surface area (Å²) in [5.74, 6) is -2.57. The lowest BCUT2D eigenvalue weighted by atomic mass is 10.1. The van der Waals surface area contributed by atoms with Crippen LogP contribution in [0, 0.1) is 11.6 Å². The summed E-state index contributed by atoms with van der Waals surface area (Å²) in [5, 5.41) is 6.61. The lowest BCUT2D eigenvalue weighted by Crippen LogP contribution is -2.32. The summed E-state index contributed by atoms with van der Waals surface area (Å²) >= 11 is 0. The van der Waals surface area contributed by atoms with Crippen molar-refractivity contribution in [3.63, 3.8) is 0 Å². The number of furan rings is 1. The van der Waals surface area contributed by atoms with Crippen molar-refractivity contribution in [3.05, 3.63) is 83.3 Å². The average Bonchev–Trinajstić information content (AvgIpc) is 3.23. The summed E-state index contributed by atoms with van der Waals surface area (Å²) < 4.78 is 72.3. The lowest BCUT2D eigenvalue weighted by Gasteiger charge is -2.18. The molecule has 0 radical (unpaired) electrons. The predicted molar refractivity (Wildman–Crippen MR) is 105 cm³/mol. The summed E-state index contributed by atoms with van der Waals surface area (Å²) in [4.78, 5) is 24.2. The number of hydrogen-bond donors (Lipinski definition) is 3. The molecule has 3 aromatic rings. The van der Waals surface area contributed by atoms with Gasteiger partial charge >= 0.3 is 12.2 Å². The van der Waals surface area contributed by atoms with Crippen molar-refractivity contribution in [1.29, 1.82) is 0 Å². The molecule has 0 aliphatic rings. The first-order valence-corrected chi connectivity index (χ1v) is 9.13. The highest BCUT2D eigenvalue weighted by molar-refractivity contribution is 6.02. The van der Waals surface area contributed by atoms with Crippen LogP contribution in [0.15, 0.2) is 59.2 Å². The predicted octanol–water partition coefficient (Wildman–Crippen LogP) is 5.71. The standard InChI is InChI=1S/C21H16F5N3O3/c1-11(14-6-4-12(22)9-16(14)23)27-20(31)29-17-7-5-13(10-15(17)21(24,25)26)28-19(30)18-3-2-8-32-18/h2-11H,1H3,(H,28,30)(H2,27,29,31). The highest BCUT2D eigenvalue weighted by Gasteiger charge is 2.34. The van der Waals surface area contributed by atoms with Gasteiger partial charge in [0.25, 0.3) is 5.91 Å². The number of carbonyl (C=O) groups excluding carboxylic acids is 2. The molecule has 0 aliphatic heterocycles. The van der Waals surface area contributed by atoms with Gasteiger partial charge in [0.05, 0.1) is 23.6 Å². The fourth-order valence-corrected chi connectivity index (χ4v) is 2.85. The number of hydrogen-bond acceptors (Lipinski definition) is 3. The van der Waals surface area contributed by atoms with Crippen LogP contribution in [0.3, 0.4) is 0 Å². The zero-order chi connectivity index (χ0) is 23.5. The van der Waals surface area contributed by atoms with Gasteiger partial charge in [-0.15, -0.1) is 0 Å². The molecule has 0 saturated heterocycles. The van der Waals surface area contributed by atoms with Crippen LogP contribution < -0.4 is 16.0 Å². The molecule has 1 unspecified atom stereocenters. The maximum absolute atomic E-state index is 13.8. The number of carbonyl (C=O) groups is 2. The van der Waals surface area contributed by atoms with Crippen LogP contribution in [0.5, 0.6) is 0 Å². The van der Waals surface area contributed by atoms with Crippen molar-refractivity contribution < 1.29 is 36.0 Å². The number of nitrogens with one attached hydrogen (secondary N) is 3. The van der Waals surface area contributed by atoms with Crippen molar-refractivity contribution >= 4 is 23.3 Å². The van der Waals surface area contributed by atoms with Gasteiger partial charge in [-0.05, 0) is 43.3 Å². The van der Waals surface area contributed by atoms with E-state index in [1.807, 2.05) is 0 Å². The van der Waals surface area contributed by atoms with E-state index in [0.29, 0.717) is 12.1 Å². The number of halogens is 5. The molecule has 11 heteroatoms. The van der Waals surface area contributed by atoms with Gasteiger partial charge in [-0.3, -0.25) is 4.79 Å². The smallest absolute Gasteiger partial charge is 0.418 e. The van der Waals surface area contributed by atoms with Crippen LogP contribution in [-0.4, -0.2) is 11.9 Å². The molecule has 6 nitrogen and oxygen atoms in total. The van der Waals surface area contributed by atoms with Gasteiger partial charge in [0.1, 0.15) is 11.6 Å². The molecule has 3 N–H and O–H groups in total. The van der Waals surface area contributed by atoms with E-state index in [1.54, 1.807) is 0 Å². The zero-order valence-corrected chi connectivity index (χ0v) is 16.4. The largest absolute Gasteiger partial charge is 0.459 e. The number of benzene rings is 2. The Kier molecular flexibility index (Phi) is 6.47. The Labute approximate surface area is 178 Å². The second kappa shape index (κ2) is 9.08. The van der Waals surface area contributed by atoms with Gasteiger partial charge in [-0.1, -0.05) is 6.07 Å². The highest BCUT2D eigenvalue weighted by Crippen LogP contribution is 2.36. The number of urea groups is 1. The molecule has 3 rings (SSSR count). The van der Waals surface area contributed by atoms with Crippen molar-refractivity contribution in [3.8, 4) is 0 Å². The Bertz CT molecular complexity index is 1130. The Morgan fingerprint density at radius 2 is 1.75 bits per heavy atom. The maximum atomic E-state index is 13.8. The van der Waals surface area contributed by atoms with Gasteiger partial charge in [-0.25, -0.2) is 13.6 Å². The Morgan fingerprint density at radius 3 is 2.38 bits per heavy atom. The van der Waals surface area contributed by atoms with Crippen molar-refractivity contribution in [2.75, 3.05) is 10.6 Å². The third kappa shape index (κ3) is 5.42. The molecule has 0 bridgehead atoms. The molecule has 0 fully saturated rings. The molecule has 168 valence electrons.